The molecule has 0 atom stereocenters. The Morgan fingerprint density at radius 2 is 1.81 bits per heavy atom. The van der Waals surface area contributed by atoms with Gasteiger partial charge in [-0.2, -0.15) is 0 Å². The van der Waals surface area contributed by atoms with Gasteiger partial charge in [-0.1, -0.05) is 30.5 Å². The minimum absolute atomic E-state index is 0.00727. The molecule has 3 rings (SSSR count). The molecule has 0 N–H and O–H groups in total. The zero-order valence-electron chi connectivity index (χ0n) is 14.2. The Labute approximate surface area is 156 Å². The quantitative estimate of drug-likeness (QED) is 0.554. The lowest BCUT2D eigenvalue weighted by Gasteiger charge is -2.20. The van der Waals surface area contributed by atoms with Crippen molar-refractivity contribution >= 4 is 23.2 Å². The fourth-order valence-electron chi connectivity index (χ4n) is 2.96. The fraction of sp³-hybridized carbons (Fsp3) is 0.316. The lowest BCUT2D eigenvalue weighted by Crippen LogP contribution is -2.31. The van der Waals surface area contributed by atoms with Crippen molar-refractivity contribution in [1.29, 1.82) is 0 Å². The Morgan fingerprint density at radius 3 is 2.46 bits per heavy atom. The number of nitro benzene ring substituents is 1. The molecule has 0 saturated carbocycles. The topological polar surface area (TPSA) is 72.7 Å². The van der Waals surface area contributed by atoms with E-state index in [1.807, 2.05) is 4.90 Å². The van der Waals surface area contributed by atoms with Gasteiger partial charge in [-0.05, 0) is 37.1 Å². The van der Waals surface area contributed by atoms with Crippen molar-refractivity contribution in [1.82, 2.24) is 4.90 Å². The van der Waals surface area contributed by atoms with Crippen LogP contribution < -0.4 is 4.74 Å². The molecular formula is C19H19ClN2O4. The van der Waals surface area contributed by atoms with Gasteiger partial charge in [0.1, 0.15) is 11.5 Å². The normalized spacial score (nSPS) is 14.6. The molecule has 136 valence electrons. The van der Waals surface area contributed by atoms with Gasteiger partial charge < -0.3 is 9.64 Å². The number of rotatable bonds is 4. The highest BCUT2D eigenvalue weighted by atomic mass is 35.5. The van der Waals surface area contributed by atoms with E-state index in [9.17, 15) is 14.9 Å². The molecule has 1 amide bonds. The van der Waals surface area contributed by atoms with Crippen molar-refractivity contribution in [2.24, 2.45) is 0 Å². The zero-order chi connectivity index (χ0) is 18.5. The summed E-state index contributed by atoms with van der Waals surface area (Å²) >= 11 is 6.06. The van der Waals surface area contributed by atoms with Crippen molar-refractivity contribution in [3.05, 3.63) is 63.2 Å². The van der Waals surface area contributed by atoms with Crippen molar-refractivity contribution in [3.63, 3.8) is 0 Å². The van der Waals surface area contributed by atoms with Crippen molar-refractivity contribution in [3.8, 4) is 11.5 Å². The SMILES string of the molecule is O=C(c1cccc(Oc2ccc([N+](=O)[O-])cc2Cl)c1)N1CCCCCC1. The Morgan fingerprint density at radius 1 is 1.08 bits per heavy atom. The smallest absolute Gasteiger partial charge is 0.271 e. The second kappa shape index (κ2) is 8.19. The Bertz CT molecular complexity index is 817. The van der Waals surface area contributed by atoms with Gasteiger partial charge in [0.2, 0.25) is 0 Å². The number of nitro groups is 1. The summed E-state index contributed by atoms with van der Waals surface area (Å²) in [4.78, 5) is 24.9. The van der Waals surface area contributed by atoms with Crippen molar-refractivity contribution in [2.45, 2.75) is 25.7 Å². The maximum Gasteiger partial charge on any atom is 0.271 e. The van der Waals surface area contributed by atoms with E-state index in [2.05, 4.69) is 0 Å². The minimum Gasteiger partial charge on any atom is -0.456 e. The summed E-state index contributed by atoms with van der Waals surface area (Å²) in [5, 5.41) is 10.9. The van der Waals surface area contributed by atoms with Crippen LogP contribution in [0.1, 0.15) is 36.0 Å². The summed E-state index contributed by atoms with van der Waals surface area (Å²) in [7, 11) is 0. The van der Waals surface area contributed by atoms with Crippen LogP contribution in [0.25, 0.3) is 0 Å². The molecule has 1 aliphatic heterocycles. The first kappa shape index (κ1) is 18.2. The molecule has 26 heavy (non-hydrogen) atoms. The fourth-order valence-corrected chi connectivity index (χ4v) is 3.18. The number of non-ortho nitro benzene ring substituents is 1. The third kappa shape index (κ3) is 4.32. The van der Waals surface area contributed by atoms with Gasteiger partial charge >= 0.3 is 0 Å². The van der Waals surface area contributed by atoms with Crippen LogP contribution in [0, 0.1) is 10.1 Å². The van der Waals surface area contributed by atoms with E-state index in [1.54, 1.807) is 24.3 Å². The molecular weight excluding hydrogens is 356 g/mol. The summed E-state index contributed by atoms with van der Waals surface area (Å²) in [6.45, 7) is 1.55. The minimum atomic E-state index is -0.518. The number of carbonyl (C=O) groups excluding carboxylic acids is 1. The predicted octanol–water partition coefficient (Wildman–Crippen LogP) is 5.06. The highest BCUT2D eigenvalue weighted by Crippen LogP contribution is 2.32. The molecule has 0 aliphatic carbocycles. The van der Waals surface area contributed by atoms with Gasteiger partial charge in [0, 0.05) is 30.8 Å². The molecule has 1 aliphatic rings. The molecule has 0 bridgehead atoms. The number of carbonyl (C=O) groups is 1. The zero-order valence-corrected chi connectivity index (χ0v) is 14.9. The van der Waals surface area contributed by atoms with E-state index in [0.29, 0.717) is 17.1 Å². The first-order chi connectivity index (χ1) is 12.5. The van der Waals surface area contributed by atoms with Gasteiger partial charge in [0.05, 0.1) is 9.95 Å². The van der Waals surface area contributed by atoms with E-state index in [-0.39, 0.29) is 16.6 Å². The third-order valence-corrected chi connectivity index (χ3v) is 4.62. The van der Waals surface area contributed by atoms with Gasteiger partial charge in [-0.25, -0.2) is 0 Å². The van der Waals surface area contributed by atoms with Crippen molar-refractivity contribution < 1.29 is 14.5 Å². The molecule has 2 aromatic rings. The summed E-state index contributed by atoms with van der Waals surface area (Å²) in [5.74, 6) is 0.755. The number of hydrogen-bond donors (Lipinski definition) is 0. The van der Waals surface area contributed by atoms with Gasteiger partial charge in [-0.3, -0.25) is 14.9 Å². The van der Waals surface area contributed by atoms with Gasteiger partial charge in [0.25, 0.3) is 11.6 Å². The number of ether oxygens (including phenoxy) is 1. The molecule has 1 saturated heterocycles. The molecule has 0 aromatic heterocycles. The molecule has 2 aromatic carbocycles. The summed E-state index contributed by atoms with van der Waals surface area (Å²) < 4.78 is 5.72. The van der Waals surface area contributed by atoms with Crippen LogP contribution in [0.15, 0.2) is 42.5 Å². The largest absolute Gasteiger partial charge is 0.456 e. The Balaban J connectivity index is 1.77. The number of likely N-dealkylation sites (tertiary alicyclic amines) is 1. The van der Waals surface area contributed by atoms with Gasteiger partial charge in [-0.15, -0.1) is 0 Å². The molecule has 0 unspecified atom stereocenters. The lowest BCUT2D eigenvalue weighted by atomic mass is 10.2. The van der Waals surface area contributed by atoms with E-state index >= 15 is 0 Å². The molecule has 0 radical (unpaired) electrons. The van der Waals surface area contributed by atoms with Crippen LogP contribution in [-0.4, -0.2) is 28.8 Å². The van der Waals surface area contributed by atoms with Crippen LogP contribution in [0.3, 0.4) is 0 Å². The van der Waals surface area contributed by atoms with E-state index < -0.39 is 4.92 Å². The number of nitrogens with zero attached hydrogens (tertiary/aromatic N) is 2. The van der Waals surface area contributed by atoms with E-state index in [0.717, 1.165) is 38.8 Å². The Hall–Kier alpha value is -2.60. The first-order valence-corrected chi connectivity index (χ1v) is 8.93. The molecule has 6 nitrogen and oxygen atoms in total. The maximum absolute atomic E-state index is 12.7. The predicted molar refractivity (Wildman–Crippen MR) is 99.0 cm³/mol. The van der Waals surface area contributed by atoms with Crippen LogP contribution in [0.4, 0.5) is 5.69 Å². The lowest BCUT2D eigenvalue weighted by molar-refractivity contribution is -0.384. The summed E-state index contributed by atoms with van der Waals surface area (Å²) in [6, 6.07) is 10.9. The van der Waals surface area contributed by atoms with Crippen LogP contribution >= 0.6 is 11.6 Å². The average Bonchev–Trinajstić information content (AvgIpc) is 2.92. The molecule has 1 heterocycles. The number of amides is 1. The number of hydrogen-bond acceptors (Lipinski definition) is 4. The highest BCUT2D eigenvalue weighted by Gasteiger charge is 2.18. The summed E-state index contributed by atoms with van der Waals surface area (Å²) in [6.07, 6.45) is 4.37. The third-order valence-electron chi connectivity index (χ3n) is 4.33. The van der Waals surface area contributed by atoms with Crippen LogP contribution in [0.2, 0.25) is 5.02 Å². The maximum atomic E-state index is 12.7. The van der Waals surface area contributed by atoms with E-state index in [4.69, 9.17) is 16.3 Å². The molecule has 1 fully saturated rings. The monoisotopic (exact) mass is 374 g/mol. The second-order valence-electron chi connectivity index (χ2n) is 6.21. The first-order valence-electron chi connectivity index (χ1n) is 8.56. The highest BCUT2D eigenvalue weighted by molar-refractivity contribution is 6.32. The average molecular weight is 375 g/mol. The Kier molecular flexibility index (Phi) is 5.73. The molecule has 0 spiro atoms. The van der Waals surface area contributed by atoms with Gasteiger partial charge in [0.15, 0.2) is 0 Å². The second-order valence-corrected chi connectivity index (χ2v) is 6.62. The van der Waals surface area contributed by atoms with Crippen LogP contribution in [0.5, 0.6) is 11.5 Å². The van der Waals surface area contributed by atoms with Crippen LogP contribution in [-0.2, 0) is 0 Å². The van der Waals surface area contributed by atoms with Crippen molar-refractivity contribution in [2.75, 3.05) is 13.1 Å². The number of benzene rings is 2. The standard InChI is InChI=1S/C19H19ClN2O4/c20-17-13-15(22(24)25)8-9-18(17)26-16-7-5-6-14(12-16)19(23)21-10-3-1-2-4-11-21/h5-9,12-13H,1-4,10-11H2. The number of halogens is 1. The molecule has 7 heteroatoms. The van der Waals surface area contributed by atoms with E-state index in [1.165, 1.54) is 18.2 Å². The summed E-state index contributed by atoms with van der Waals surface area (Å²) in [5.41, 5.74) is 0.454.